The molecule has 3 amide bonds. The van der Waals surface area contributed by atoms with Crippen molar-refractivity contribution in [3.63, 3.8) is 0 Å². The number of halogens is 1. The Morgan fingerprint density at radius 1 is 1.18 bits per heavy atom. The molecule has 146 valence electrons. The van der Waals surface area contributed by atoms with Crippen molar-refractivity contribution in [1.82, 2.24) is 10.2 Å². The van der Waals surface area contributed by atoms with Crippen molar-refractivity contribution in [2.75, 3.05) is 6.54 Å². The Morgan fingerprint density at radius 3 is 2.54 bits per heavy atom. The van der Waals surface area contributed by atoms with Crippen LogP contribution in [0.25, 0.3) is 0 Å². The number of thiophene rings is 1. The van der Waals surface area contributed by atoms with Crippen LogP contribution in [0.15, 0.2) is 41.8 Å². The van der Waals surface area contributed by atoms with Crippen LogP contribution in [-0.4, -0.2) is 29.2 Å². The highest BCUT2D eigenvalue weighted by atomic mass is 32.1. The minimum Gasteiger partial charge on any atom is -0.343 e. The standard InChI is InChI=1S/C21H21FN2O3S/c22-15-7-5-14(6-8-15)19(16-4-3-11-28-16)23-17(25)13-24-18(26)12-21(20(24)27)9-1-2-10-21/h3-8,11,19H,1-2,9-10,12-13H2,(H,23,25)/t19-/m0/s1. The van der Waals surface area contributed by atoms with Gasteiger partial charge in [-0.15, -0.1) is 11.3 Å². The van der Waals surface area contributed by atoms with E-state index in [1.165, 1.54) is 23.5 Å². The predicted molar refractivity (Wildman–Crippen MR) is 103 cm³/mol. The van der Waals surface area contributed by atoms with E-state index in [9.17, 15) is 18.8 Å². The van der Waals surface area contributed by atoms with Crippen LogP contribution < -0.4 is 5.32 Å². The lowest BCUT2D eigenvalue weighted by atomic mass is 9.84. The Hall–Kier alpha value is -2.54. The molecule has 1 N–H and O–H groups in total. The summed E-state index contributed by atoms with van der Waals surface area (Å²) in [5, 5.41) is 4.80. The van der Waals surface area contributed by atoms with Crippen LogP contribution in [0, 0.1) is 11.2 Å². The van der Waals surface area contributed by atoms with Gasteiger partial charge in [0.2, 0.25) is 17.7 Å². The molecule has 2 aromatic rings. The number of hydrogen-bond donors (Lipinski definition) is 1. The summed E-state index contributed by atoms with van der Waals surface area (Å²) >= 11 is 1.48. The largest absolute Gasteiger partial charge is 0.343 e. The van der Waals surface area contributed by atoms with E-state index in [4.69, 9.17) is 0 Å². The van der Waals surface area contributed by atoms with E-state index in [0.717, 1.165) is 41.0 Å². The average molecular weight is 400 g/mol. The normalized spacial score (nSPS) is 19.4. The zero-order valence-electron chi connectivity index (χ0n) is 15.3. The van der Waals surface area contributed by atoms with Crippen molar-refractivity contribution in [1.29, 1.82) is 0 Å². The molecule has 1 aromatic heterocycles. The number of nitrogens with zero attached hydrogens (tertiary/aromatic N) is 1. The highest BCUT2D eigenvalue weighted by Crippen LogP contribution is 2.46. The number of carbonyl (C=O) groups excluding carboxylic acids is 3. The minimum absolute atomic E-state index is 0.209. The van der Waals surface area contributed by atoms with Gasteiger partial charge in [-0.25, -0.2) is 4.39 Å². The first kappa shape index (κ1) is 18.8. The zero-order valence-corrected chi connectivity index (χ0v) is 16.1. The third-order valence-corrected chi connectivity index (χ3v) is 6.63. The van der Waals surface area contributed by atoms with Crippen LogP contribution in [0.5, 0.6) is 0 Å². The van der Waals surface area contributed by atoms with E-state index in [1.807, 2.05) is 17.5 Å². The first-order valence-corrected chi connectivity index (χ1v) is 10.3. The SMILES string of the molecule is O=C(CN1C(=O)CC2(CCCC2)C1=O)N[C@@H](c1ccc(F)cc1)c1cccs1. The summed E-state index contributed by atoms with van der Waals surface area (Å²) in [5.41, 5.74) is 0.158. The van der Waals surface area contributed by atoms with Gasteiger partial charge in [0.25, 0.3) is 0 Å². The van der Waals surface area contributed by atoms with E-state index in [-0.39, 0.29) is 30.6 Å². The summed E-state index contributed by atoms with van der Waals surface area (Å²) in [6.07, 6.45) is 3.56. The molecule has 2 aliphatic rings. The molecule has 1 aromatic carbocycles. The van der Waals surface area contributed by atoms with E-state index < -0.39 is 17.4 Å². The van der Waals surface area contributed by atoms with Crippen LogP contribution in [0.4, 0.5) is 4.39 Å². The maximum atomic E-state index is 13.3. The van der Waals surface area contributed by atoms with E-state index in [0.29, 0.717) is 0 Å². The molecular formula is C21H21FN2O3S. The highest BCUT2D eigenvalue weighted by molar-refractivity contribution is 7.10. The summed E-state index contributed by atoms with van der Waals surface area (Å²) in [6, 6.07) is 9.25. The predicted octanol–water partition coefficient (Wildman–Crippen LogP) is 3.41. The van der Waals surface area contributed by atoms with Gasteiger partial charge in [0.1, 0.15) is 12.4 Å². The second-order valence-electron chi connectivity index (χ2n) is 7.52. The Bertz CT molecular complexity index is 889. The second kappa shape index (κ2) is 7.47. The fourth-order valence-electron chi connectivity index (χ4n) is 4.24. The lowest BCUT2D eigenvalue weighted by Crippen LogP contribution is -2.43. The molecule has 0 unspecified atom stereocenters. The molecule has 1 saturated carbocycles. The molecular weight excluding hydrogens is 379 g/mol. The van der Waals surface area contributed by atoms with Gasteiger partial charge in [0, 0.05) is 11.3 Å². The maximum absolute atomic E-state index is 13.3. The smallest absolute Gasteiger partial charge is 0.240 e. The zero-order chi connectivity index (χ0) is 19.7. The molecule has 0 bridgehead atoms. The fourth-order valence-corrected chi connectivity index (χ4v) is 5.04. The van der Waals surface area contributed by atoms with Crippen LogP contribution in [-0.2, 0) is 14.4 Å². The van der Waals surface area contributed by atoms with Gasteiger partial charge in [0.05, 0.1) is 11.5 Å². The van der Waals surface area contributed by atoms with Gasteiger partial charge in [-0.1, -0.05) is 31.0 Å². The molecule has 1 saturated heterocycles. The van der Waals surface area contributed by atoms with Gasteiger partial charge < -0.3 is 5.32 Å². The topological polar surface area (TPSA) is 66.5 Å². The van der Waals surface area contributed by atoms with E-state index in [1.54, 1.807) is 12.1 Å². The molecule has 1 spiro atoms. The Labute approximate surface area is 166 Å². The van der Waals surface area contributed by atoms with Crippen molar-refractivity contribution in [2.45, 2.75) is 38.1 Å². The number of rotatable bonds is 5. The molecule has 1 aliphatic heterocycles. The third kappa shape index (κ3) is 3.46. The lowest BCUT2D eigenvalue weighted by Gasteiger charge is -2.22. The average Bonchev–Trinajstić information content (AvgIpc) is 3.40. The third-order valence-electron chi connectivity index (χ3n) is 5.69. The van der Waals surface area contributed by atoms with Crippen LogP contribution in [0.2, 0.25) is 0 Å². The lowest BCUT2D eigenvalue weighted by molar-refractivity contribution is -0.144. The Kier molecular flexibility index (Phi) is 5.02. The summed E-state index contributed by atoms with van der Waals surface area (Å²) in [7, 11) is 0. The quantitative estimate of drug-likeness (QED) is 0.782. The number of likely N-dealkylation sites (tertiary alicyclic amines) is 1. The van der Waals surface area contributed by atoms with Crippen molar-refractivity contribution in [2.24, 2.45) is 5.41 Å². The van der Waals surface area contributed by atoms with Crippen molar-refractivity contribution < 1.29 is 18.8 Å². The fraction of sp³-hybridized carbons (Fsp3) is 0.381. The Morgan fingerprint density at radius 2 is 1.89 bits per heavy atom. The summed E-state index contributed by atoms with van der Waals surface area (Å²) in [5.74, 6) is -1.23. The van der Waals surface area contributed by atoms with Gasteiger partial charge in [-0.3, -0.25) is 19.3 Å². The van der Waals surface area contributed by atoms with Crippen LogP contribution >= 0.6 is 11.3 Å². The molecule has 7 heteroatoms. The van der Waals surface area contributed by atoms with Gasteiger partial charge in [-0.2, -0.15) is 0 Å². The van der Waals surface area contributed by atoms with Crippen molar-refractivity contribution in [3.05, 3.63) is 58.0 Å². The van der Waals surface area contributed by atoms with Crippen molar-refractivity contribution >= 4 is 29.1 Å². The van der Waals surface area contributed by atoms with E-state index >= 15 is 0 Å². The number of hydrogen-bond acceptors (Lipinski definition) is 4. The summed E-state index contributed by atoms with van der Waals surface area (Å²) < 4.78 is 13.3. The number of nitrogens with one attached hydrogen (secondary N) is 1. The van der Waals surface area contributed by atoms with Gasteiger partial charge in [-0.05, 0) is 42.0 Å². The van der Waals surface area contributed by atoms with Gasteiger partial charge >= 0.3 is 0 Å². The number of amides is 3. The number of imide groups is 1. The monoisotopic (exact) mass is 400 g/mol. The number of carbonyl (C=O) groups is 3. The number of benzene rings is 1. The molecule has 0 radical (unpaired) electrons. The van der Waals surface area contributed by atoms with Crippen LogP contribution in [0.1, 0.15) is 48.6 Å². The summed E-state index contributed by atoms with van der Waals surface area (Å²) in [4.78, 5) is 39.9. The summed E-state index contributed by atoms with van der Waals surface area (Å²) in [6.45, 7) is -0.275. The molecule has 2 fully saturated rings. The van der Waals surface area contributed by atoms with Crippen LogP contribution in [0.3, 0.4) is 0 Å². The minimum atomic E-state index is -0.582. The molecule has 1 aliphatic carbocycles. The first-order chi connectivity index (χ1) is 13.5. The van der Waals surface area contributed by atoms with Crippen molar-refractivity contribution in [3.8, 4) is 0 Å². The molecule has 4 rings (SSSR count). The molecule has 28 heavy (non-hydrogen) atoms. The molecule has 1 atom stereocenters. The highest BCUT2D eigenvalue weighted by Gasteiger charge is 2.52. The first-order valence-electron chi connectivity index (χ1n) is 9.42. The molecule has 5 nitrogen and oxygen atoms in total. The second-order valence-corrected chi connectivity index (χ2v) is 8.50. The molecule has 2 heterocycles. The maximum Gasteiger partial charge on any atom is 0.240 e. The van der Waals surface area contributed by atoms with Gasteiger partial charge in [0.15, 0.2) is 0 Å². The van der Waals surface area contributed by atoms with E-state index in [2.05, 4.69) is 5.32 Å². The Balaban J connectivity index is 1.50.